The topological polar surface area (TPSA) is 321 Å². The molecule has 0 saturated heterocycles. The number of rotatable bonds is 0. The molecule has 0 aromatic heterocycles. The van der Waals surface area contributed by atoms with Gasteiger partial charge < -0.3 is 36.4 Å². The zero-order valence-electron chi connectivity index (χ0n) is 11.2. The van der Waals surface area contributed by atoms with Crippen molar-refractivity contribution in [1.82, 2.24) is 0 Å². The summed E-state index contributed by atoms with van der Waals surface area (Å²) in [6.45, 7) is 0. The molecule has 0 atom stereocenters. The Morgan fingerprint density at radius 1 is 0.417 bits per heavy atom. The van der Waals surface area contributed by atoms with Gasteiger partial charge in [-0.05, 0) is 0 Å². The van der Waals surface area contributed by atoms with Crippen LogP contribution in [0, 0.1) is 0 Å². The Morgan fingerprint density at radius 3 is 0.417 bits per heavy atom. The molecule has 0 spiro atoms. The van der Waals surface area contributed by atoms with E-state index in [4.69, 9.17) is 70.1 Å². The fourth-order valence-corrected chi connectivity index (χ4v) is 0. The maximum atomic E-state index is 8.52. The van der Waals surface area contributed by atoms with Crippen LogP contribution >= 0.6 is 0 Å². The molecule has 0 fully saturated rings. The molecule has 0 aliphatic heterocycles. The number of hydrogen-bond donors (Lipinski definition) is 0. The van der Waals surface area contributed by atoms with Crippen molar-refractivity contribution in [3.05, 3.63) is 0 Å². The molecular weight excluding hydrogens is 499 g/mol. The van der Waals surface area contributed by atoms with Crippen LogP contribution in [0.3, 0.4) is 0 Å². The molecule has 0 radical (unpaired) electrons. The van der Waals surface area contributed by atoms with Gasteiger partial charge in [0.2, 0.25) is 0 Å². The third-order valence-corrected chi connectivity index (χ3v) is 0. The summed E-state index contributed by atoms with van der Waals surface area (Å²) in [7, 11) is -20.7. The van der Waals surface area contributed by atoms with Gasteiger partial charge in [0.25, 0.3) is 0 Å². The molecule has 0 aromatic rings. The SMILES string of the molecule is O=S(=O)([O-])[O-].O=S(=O)([O-])[O-].O=S(=O)([O-])[O-].O=S(=O)([O-])[O-].[B+3].[Ca+2].[K+].[Mg+2]. The van der Waals surface area contributed by atoms with Crippen molar-refractivity contribution in [2.24, 2.45) is 0 Å². The van der Waals surface area contributed by atoms with Crippen LogP contribution in [-0.2, 0) is 41.6 Å². The van der Waals surface area contributed by atoms with Crippen molar-refractivity contribution >= 4 is 111 Å². The first-order chi connectivity index (χ1) is 8.00. The van der Waals surface area contributed by atoms with Crippen LogP contribution in [0.1, 0.15) is 0 Å². The van der Waals surface area contributed by atoms with Crippen molar-refractivity contribution in [2.75, 3.05) is 0 Å². The van der Waals surface area contributed by atoms with Crippen molar-refractivity contribution in [3.63, 3.8) is 0 Å². The van der Waals surface area contributed by atoms with E-state index in [0.717, 1.165) is 0 Å². The van der Waals surface area contributed by atoms with Crippen molar-refractivity contribution in [2.45, 2.75) is 0 Å². The van der Waals surface area contributed by atoms with E-state index in [9.17, 15) is 0 Å². The molecule has 0 heterocycles. The standard InChI is InChI=1S/B.Ca.K.Mg.4H2O4S/c;;;;4*1-5(2,3)4/h;;;;4*(H2,1,2,3,4)/q+3;+2;+1;+2;;;;/p-8. The molecule has 0 aliphatic rings. The van der Waals surface area contributed by atoms with Crippen LogP contribution in [0.15, 0.2) is 0 Å². The maximum Gasteiger partial charge on any atom is 3.00 e. The molecule has 0 rings (SSSR count). The summed E-state index contributed by atoms with van der Waals surface area (Å²) >= 11 is 0. The molecule has 24 heteroatoms. The summed E-state index contributed by atoms with van der Waals surface area (Å²) in [5, 5.41) is 0. The Hall–Kier alpha value is 3.21. The summed E-state index contributed by atoms with van der Waals surface area (Å²) in [4.78, 5) is 0. The molecule has 0 amide bonds. The van der Waals surface area contributed by atoms with E-state index in [0.29, 0.717) is 0 Å². The Kier molecular flexibility index (Phi) is 47.5. The predicted molar refractivity (Wildman–Crippen MR) is 59.2 cm³/mol. The molecule has 128 valence electrons. The Balaban J connectivity index is -0.0000000225. The van der Waals surface area contributed by atoms with Crippen LogP contribution in [0.5, 0.6) is 0 Å². The van der Waals surface area contributed by atoms with Gasteiger partial charge in [0, 0.05) is 41.6 Å². The molecule has 0 unspecified atom stereocenters. The Labute approximate surface area is 228 Å². The normalized spacial score (nSPS) is 9.67. The van der Waals surface area contributed by atoms with Crippen molar-refractivity contribution in [3.8, 4) is 0 Å². The summed E-state index contributed by atoms with van der Waals surface area (Å²) in [5.74, 6) is 0. The van der Waals surface area contributed by atoms with Gasteiger partial charge in [-0.25, -0.2) is 0 Å². The smallest absolute Gasteiger partial charge is 0.759 e. The average molecular weight is 499 g/mol. The first kappa shape index (κ1) is 50.7. The van der Waals surface area contributed by atoms with E-state index < -0.39 is 41.6 Å². The molecule has 0 bridgehead atoms. The van der Waals surface area contributed by atoms with Crippen LogP contribution in [-0.4, -0.2) is 139 Å². The molecule has 24 heavy (non-hydrogen) atoms. The Bertz CT molecular complexity index is 491. The van der Waals surface area contributed by atoms with Gasteiger partial charge in [0.1, 0.15) is 0 Å². The fourth-order valence-electron chi connectivity index (χ4n) is 0. The summed E-state index contributed by atoms with van der Waals surface area (Å²) < 4.78 is 136. The van der Waals surface area contributed by atoms with E-state index in [1.54, 1.807) is 0 Å². The average Bonchev–Trinajstić information content (AvgIpc) is 1.62. The van der Waals surface area contributed by atoms with E-state index in [1.807, 2.05) is 0 Å². The van der Waals surface area contributed by atoms with E-state index >= 15 is 0 Å². The van der Waals surface area contributed by atoms with E-state index in [-0.39, 0.29) is 121 Å². The molecule has 0 aliphatic carbocycles. The minimum Gasteiger partial charge on any atom is -0.759 e. The van der Waals surface area contributed by atoms with Gasteiger partial charge in [-0.15, -0.1) is 0 Å². The third-order valence-electron chi connectivity index (χ3n) is 0. The third kappa shape index (κ3) is 1440. The molecule has 16 nitrogen and oxygen atoms in total. The minimum atomic E-state index is -5.17. The monoisotopic (exact) mass is 498 g/mol. The predicted octanol–water partition coefficient (Wildman–Crippen LogP) is -9.49. The zero-order chi connectivity index (χ0) is 18.0. The first-order valence-corrected chi connectivity index (χ1v) is 8.00. The van der Waals surface area contributed by atoms with Crippen molar-refractivity contribution < 1.29 is 121 Å². The second kappa shape index (κ2) is 22.5. The Morgan fingerprint density at radius 2 is 0.417 bits per heavy atom. The molecule has 0 aromatic carbocycles. The summed E-state index contributed by atoms with van der Waals surface area (Å²) in [6, 6.07) is 0. The largest absolute Gasteiger partial charge is 3.00 e. The maximum absolute atomic E-state index is 8.52. The van der Waals surface area contributed by atoms with Gasteiger partial charge in [-0.1, -0.05) is 0 Å². The second-order valence-electron chi connectivity index (χ2n) is 1.63. The van der Waals surface area contributed by atoms with Crippen LogP contribution in [0.2, 0.25) is 0 Å². The summed E-state index contributed by atoms with van der Waals surface area (Å²) in [5.41, 5.74) is 0. The molecular formula is BCaKMgO16S4. The van der Waals surface area contributed by atoms with Gasteiger partial charge in [-0.3, -0.25) is 33.7 Å². The van der Waals surface area contributed by atoms with Gasteiger partial charge in [0.05, 0.1) is 0 Å². The van der Waals surface area contributed by atoms with E-state index in [1.165, 1.54) is 0 Å². The van der Waals surface area contributed by atoms with Crippen molar-refractivity contribution in [1.29, 1.82) is 0 Å². The fraction of sp³-hybridized carbons (Fsp3) is 0. The van der Waals surface area contributed by atoms with Crippen LogP contribution in [0.4, 0.5) is 0 Å². The summed E-state index contributed by atoms with van der Waals surface area (Å²) in [6.07, 6.45) is 0. The van der Waals surface area contributed by atoms with E-state index in [2.05, 4.69) is 0 Å². The first-order valence-electron chi connectivity index (χ1n) is 2.67. The molecule has 0 N–H and O–H groups in total. The van der Waals surface area contributed by atoms with Crippen LogP contribution < -0.4 is 51.4 Å². The quantitative estimate of drug-likeness (QED) is 0.170. The zero-order valence-corrected chi connectivity index (χ0v) is 21.2. The van der Waals surface area contributed by atoms with Gasteiger partial charge in [0.15, 0.2) is 0 Å². The number of hydrogen-bond acceptors (Lipinski definition) is 16. The van der Waals surface area contributed by atoms with Crippen LogP contribution in [0.25, 0.3) is 0 Å². The molecule has 0 saturated carbocycles. The van der Waals surface area contributed by atoms with Gasteiger partial charge in [-0.2, -0.15) is 0 Å². The minimum absolute atomic E-state index is 0. The van der Waals surface area contributed by atoms with Gasteiger partial charge >= 0.3 is 121 Å². The second-order valence-corrected chi connectivity index (χ2v) is 4.90.